The normalized spacial score (nSPS) is 10.1. The third-order valence-electron chi connectivity index (χ3n) is 2.69. The summed E-state index contributed by atoms with van der Waals surface area (Å²) in [6.07, 6.45) is 1.50. The number of rotatable bonds is 4. The molecule has 0 atom stereocenters. The van der Waals surface area contributed by atoms with Crippen molar-refractivity contribution >= 4 is 11.7 Å². The molecule has 0 fully saturated rings. The molecule has 18 heavy (non-hydrogen) atoms. The van der Waals surface area contributed by atoms with Crippen molar-refractivity contribution in [1.82, 2.24) is 4.98 Å². The van der Waals surface area contributed by atoms with Crippen molar-refractivity contribution in [2.24, 2.45) is 5.73 Å². The van der Waals surface area contributed by atoms with Crippen LogP contribution >= 0.6 is 0 Å². The Labute approximate surface area is 106 Å². The van der Waals surface area contributed by atoms with Crippen LogP contribution in [0.4, 0.5) is 5.82 Å². The Balaban J connectivity index is 2.09. The van der Waals surface area contributed by atoms with Crippen LogP contribution in [0.5, 0.6) is 0 Å². The molecule has 2 rings (SSSR count). The molecule has 92 valence electrons. The molecule has 0 unspecified atom stereocenters. The third kappa shape index (κ3) is 2.85. The van der Waals surface area contributed by atoms with E-state index in [0.29, 0.717) is 5.56 Å². The van der Waals surface area contributed by atoms with Gasteiger partial charge in [0, 0.05) is 19.8 Å². The van der Waals surface area contributed by atoms with Crippen molar-refractivity contribution in [3.05, 3.63) is 59.8 Å². The molecule has 0 bridgehead atoms. The fourth-order valence-electron chi connectivity index (χ4n) is 1.70. The lowest BCUT2D eigenvalue weighted by Gasteiger charge is -2.18. The molecule has 0 aliphatic rings. The van der Waals surface area contributed by atoms with Gasteiger partial charge in [-0.15, -0.1) is 0 Å². The molecule has 0 aliphatic heterocycles. The van der Waals surface area contributed by atoms with Crippen molar-refractivity contribution in [3.8, 4) is 0 Å². The predicted molar refractivity (Wildman–Crippen MR) is 71.3 cm³/mol. The summed E-state index contributed by atoms with van der Waals surface area (Å²) in [4.78, 5) is 17.2. The number of hydrogen-bond acceptors (Lipinski definition) is 3. The monoisotopic (exact) mass is 241 g/mol. The van der Waals surface area contributed by atoms with E-state index in [-0.39, 0.29) is 0 Å². The minimum Gasteiger partial charge on any atom is -0.366 e. The SMILES string of the molecule is CN(Cc1ccccc1)c1ccc(C(N)=O)cn1. The van der Waals surface area contributed by atoms with Crippen molar-refractivity contribution in [2.75, 3.05) is 11.9 Å². The van der Waals surface area contributed by atoms with Crippen LogP contribution in [0.2, 0.25) is 0 Å². The second-order valence-electron chi connectivity index (χ2n) is 4.11. The second-order valence-corrected chi connectivity index (χ2v) is 4.11. The summed E-state index contributed by atoms with van der Waals surface area (Å²) in [5.41, 5.74) is 6.80. The number of nitrogens with two attached hydrogens (primary N) is 1. The fraction of sp³-hybridized carbons (Fsp3) is 0.143. The molecule has 4 nitrogen and oxygen atoms in total. The van der Waals surface area contributed by atoms with Gasteiger partial charge in [0.2, 0.25) is 5.91 Å². The van der Waals surface area contributed by atoms with Gasteiger partial charge in [0.15, 0.2) is 0 Å². The highest BCUT2D eigenvalue weighted by atomic mass is 16.1. The molecule has 0 radical (unpaired) electrons. The maximum absolute atomic E-state index is 10.9. The van der Waals surface area contributed by atoms with Crippen molar-refractivity contribution < 1.29 is 4.79 Å². The quantitative estimate of drug-likeness (QED) is 0.888. The summed E-state index contributed by atoms with van der Waals surface area (Å²) in [6, 6.07) is 13.6. The number of carbonyl (C=O) groups excluding carboxylic acids is 1. The van der Waals surface area contributed by atoms with E-state index in [2.05, 4.69) is 17.1 Å². The Kier molecular flexibility index (Phi) is 3.57. The van der Waals surface area contributed by atoms with Crippen LogP contribution in [-0.2, 0) is 6.54 Å². The predicted octanol–water partition coefficient (Wildman–Crippen LogP) is 1.82. The van der Waals surface area contributed by atoms with E-state index in [1.54, 1.807) is 12.1 Å². The van der Waals surface area contributed by atoms with Crippen molar-refractivity contribution in [2.45, 2.75) is 6.54 Å². The summed E-state index contributed by atoms with van der Waals surface area (Å²) < 4.78 is 0. The standard InChI is InChI=1S/C14H15N3O/c1-17(10-11-5-3-2-4-6-11)13-8-7-12(9-16-13)14(15)18/h2-9H,10H2,1H3,(H2,15,18). The fourth-order valence-corrected chi connectivity index (χ4v) is 1.70. The summed E-state index contributed by atoms with van der Waals surface area (Å²) in [7, 11) is 1.96. The van der Waals surface area contributed by atoms with Gasteiger partial charge in [-0.05, 0) is 17.7 Å². The van der Waals surface area contributed by atoms with E-state index in [0.717, 1.165) is 12.4 Å². The summed E-state index contributed by atoms with van der Waals surface area (Å²) in [6.45, 7) is 0.768. The van der Waals surface area contributed by atoms with E-state index >= 15 is 0 Å². The second kappa shape index (κ2) is 5.31. The average molecular weight is 241 g/mol. The Morgan fingerprint density at radius 3 is 2.50 bits per heavy atom. The molecule has 0 aliphatic carbocycles. The number of carbonyl (C=O) groups is 1. The molecule has 1 amide bonds. The number of primary amides is 1. The number of anilines is 1. The van der Waals surface area contributed by atoms with Gasteiger partial charge in [-0.25, -0.2) is 4.98 Å². The number of amides is 1. The first-order valence-electron chi connectivity index (χ1n) is 5.68. The smallest absolute Gasteiger partial charge is 0.250 e. The molecule has 1 aromatic heterocycles. The van der Waals surface area contributed by atoms with E-state index in [1.165, 1.54) is 11.8 Å². The van der Waals surface area contributed by atoms with Gasteiger partial charge in [-0.1, -0.05) is 30.3 Å². The zero-order chi connectivity index (χ0) is 13.0. The Morgan fingerprint density at radius 2 is 1.94 bits per heavy atom. The van der Waals surface area contributed by atoms with Gasteiger partial charge in [0.05, 0.1) is 5.56 Å². The Bertz CT molecular complexity index is 522. The lowest BCUT2D eigenvalue weighted by Crippen LogP contribution is -2.18. The minimum absolute atomic E-state index is 0.423. The zero-order valence-electron chi connectivity index (χ0n) is 10.2. The third-order valence-corrected chi connectivity index (χ3v) is 2.69. The number of benzene rings is 1. The number of pyridine rings is 1. The Hall–Kier alpha value is -2.36. The van der Waals surface area contributed by atoms with Gasteiger partial charge >= 0.3 is 0 Å². The first-order valence-corrected chi connectivity index (χ1v) is 5.68. The highest BCUT2D eigenvalue weighted by Gasteiger charge is 2.05. The molecule has 2 aromatic rings. The van der Waals surface area contributed by atoms with Gasteiger partial charge < -0.3 is 10.6 Å². The van der Waals surface area contributed by atoms with Crippen LogP contribution in [-0.4, -0.2) is 17.9 Å². The van der Waals surface area contributed by atoms with Gasteiger partial charge in [0.1, 0.15) is 5.82 Å². The number of nitrogens with zero attached hydrogens (tertiary/aromatic N) is 2. The first-order chi connectivity index (χ1) is 8.66. The minimum atomic E-state index is -0.459. The van der Waals surface area contributed by atoms with Crippen LogP contribution < -0.4 is 10.6 Å². The van der Waals surface area contributed by atoms with Crippen molar-refractivity contribution in [3.63, 3.8) is 0 Å². The molecule has 0 saturated carbocycles. The lowest BCUT2D eigenvalue weighted by molar-refractivity contribution is 0.1000. The molecule has 2 N–H and O–H groups in total. The van der Waals surface area contributed by atoms with Crippen LogP contribution in [0.15, 0.2) is 48.7 Å². The van der Waals surface area contributed by atoms with Gasteiger partial charge in [0.25, 0.3) is 0 Å². The Morgan fingerprint density at radius 1 is 1.22 bits per heavy atom. The largest absolute Gasteiger partial charge is 0.366 e. The topological polar surface area (TPSA) is 59.2 Å². The summed E-state index contributed by atoms with van der Waals surface area (Å²) in [5.74, 6) is 0.351. The number of hydrogen-bond donors (Lipinski definition) is 1. The molecular weight excluding hydrogens is 226 g/mol. The van der Waals surface area contributed by atoms with E-state index in [9.17, 15) is 4.79 Å². The van der Waals surface area contributed by atoms with E-state index < -0.39 is 5.91 Å². The highest BCUT2D eigenvalue weighted by Crippen LogP contribution is 2.12. The molecule has 4 heteroatoms. The van der Waals surface area contributed by atoms with E-state index in [1.807, 2.05) is 30.1 Å². The summed E-state index contributed by atoms with van der Waals surface area (Å²) >= 11 is 0. The lowest BCUT2D eigenvalue weighted by atomic mass is 10.2. The van der Waals surface area contributed by atoms with Crippen LogP contribution in [0, 0.1) is 0 Å². The molecule has 1 heterocycles. The van der Waals surface area contributed by atoms with Crippen LogP contribution in [0.1, 0.15) is 15.9 Å². The first kappa shape index (κ1) is 12.1. The molecule has 0 spiro atoms. The van der Waals surface area contributed by atoms with Crippen molar-refractivity contribution in [1.29, 1.82) is 0 Å². The molecular formula is C14H15N3O. The van der Waals surface area contributed by atoms with E-state index in [4.69, 9.17) is 5.73 Å². The van der Waals surface area contributed by atoms with Crippen LogP contribution in [0.3, 0.4) is 0 Å². The van der Waals surface area contributed by atoms with Gasteiger partial charge in [-0.3, -0.25) is 4.79 Å². The highest BCUT2D eigenvalue weighted by molar-refractivity contribution is 5.92. The maximum Gasteiger partial charge on any atom is 0.250 e. The summed E-state index contributed by atoms with van der Waals surface area (Å²) in [5, 5.41) is 0. The maximum atomic E-state index is 10.9. The van der Waals surface area contributed by atoms with Gasteiger partial charge in [-0.2, -0.15) is 0 Å². The number of aromatic nitrogens is 1. The average Bonchev–Trinajstić information content (AvgIpc) is 2.40. The molecule has 1 aromatic carbocycles. The molecule has 0 saturated heterocycles. The van der Waals surface area contributed by atoms with Crippen LogP contribution in [0.25, 0.3) is 0 Å². The zero-order valence-corrected chi connectivity index (χ0v) is 10.2.